The molecular weight excluding hydrogens is 286 g/mol. The minimum absolute atomic E-state index is 0.0693. The van der Waals surface area contributed by atoms with E-state index < -0.39 is 11.6 Å². The largest absolute Gasteiger partial charge is 0.445 e. The van der Waals surface area contributed by atoms with Gasteiger partial charge in [0.05, 0.1) is 0 Å². The van der Waals surface area contributed by atoms with Gasteiger partial charge >= 0.3 is 6.09 Å². The first-order chi connectivity index (χ1) is 9.70. The molecule has 0 radical (unpaired) electrons. The van der Waals surface area contributed by atoms with Gasteiger partial charge in [0.25, 0.3) is 0 Å². The fourth-order valence-corrected chi connectivity index (χ4v) is 3.70. The Morgan fingerprint density at radius 2 is 2.10 bits per heavy atom. The lowest BCUT2D eigenvalue weighted by atomic mass is 9.94. The molecule has 1 atom stereocenters. The Balaban J connectivity index is 2.62. The van der Waals surface area contributed by atoms with Crippen molar-refractivity contribution >= 4 is 23.0 Å². The highest BCUT2D eigenvalue weighted by Gasteiger charge is 2.46. The Morgan fingerprint density at radius 1 is 1.43 bits per heavy atom. The van der Waals surface area contributed by atoms with Crippen LogP contribution in [0.1, 0.15) is 47.0 Å². The summed E-state index contributed by atoms with van der Waals surface area (Å²) in [5.74, 6) is 0.785. The van der Waals surface area contributed by atoms with Crippen LogP contribution in [0.15, 0.2) is 12.7 Å². The van der Waals surface area contributed by atoms with E-state index in [1.807, 2.05) is 6.92 Å². The molecule has 1 saturated heterocycles. The zero-order valence-electron chi connectivity index (χ0n) is 13.6. The third kappa shape index (κ3) is 5.06. The van der Waals surface area contributed by atoms with Crippen LogP contribution in [0.4, 0.5) is 4.79 Å². The zero-order valence-corrected chi connectivity index (χ0v) is 14.4. The Kier molecular flexibility index (Phi) is 6.32. The number of carbonyl (C=O) groups is 2. The van der Waals surface area contributed by atoms with Gasteiger partial charge in [0, 0.05) is 12.3 Å². The summed E-state index contributed by atoms with van der Waals surface area (Å²) >= 11 is 1.34. The molecule has 0 N–H and O–H groups in total. The summed E-state index contributed by atoms with van der Waals surface area (Å²) in [6.45, 7) is 12.6. The van der Waals surface area contributed by atoms with Crippen LogP contribution >= 0.6 is 11.8 Å². The standard InChI is InChI=1S/C16H27NO3S/c1-6-11-20-14(19)17-10-7-8-16(17,5)13(18)21-12-9-15(2,3)4/h6H,1,7-12H2,2-5H3. The molecule has 21 heavy (non-hydrogen) atoms. The Bertz CT molecular complexity index is 403. The SMILES string of the molecule is C=CCOC(=O)N1CCCC1(C)C(=O)SCCC(C)(C)C. The Labute approximate surface area is 132 Å². The van der Waals surface area contributed by atoms with E-state index in [2.05, 4.69) is 27.4 Å². The quantitative estimate of drug-likeness (QED) is 0.723. The van der Waals surface area contributed by atoms with Crippen molar-refractivity contribution in [1.82, 2.24) is 4.90 Å². The van der Waals surface area contributed by atoms with E-state index in [1.165, 1.54) is 17.8 Å². The molecule has 1 fully saturated rings. The lowest BCUT2D eigenvalue weighted by molar-refractivity contribution is -0.119. The first-order valence-electron chi connectivity index (χ1n) is 7.43. The highest BCUT2D eigenvalue weighted by atomic mass is 32.2. The molecule has 1 rings (SSSR count). The number of likely N-dealkylation sites (tertiary alicyclic amines) is 1. The molecule has 1 aliphatic heterocycles. The fraction of sp³-hybridized carbons (Fsp3) is 0.750. The van der Waals surface area contributed by atoms with Crippen LogP contribution in [0.3, 0.4) is 0 Å². The summed E-state index contributed by atoms with van der Waals surface area (Å²) in [6.07, 6.45) is 3.63. The summed E-state index contributed by atoms with van der Waals surface area (Å²) in [6, 6.07) is 0. The molecule has 0 aromatic carbocycles. The van der Waals surface area contributed by atoms with Gasteiger partial charge in [-0.15, -0.1) is 0 Å². The lowest BCUT2D eigenvalue weighted by Gasteiger charge is -2.32. The van der Waals surface area contributed by atoms with Gasteiger partial charge in [-0.2, -0.15) is 0 Å². The number of thioether (sulfide) groups is 1. The number of carbonyl (C=O) groups excluding carboxylic acids is 2. The predicted octanol–water partition coefficient (Wildman–Crippen LogP) is 3.86. The van der Waals surface area contributed by atoms with Crippen molar-refractivity contribution in [3.05, 3.63) is 12.7 Å². The second-order valence-corrected chi connectivity index (χ2v) is 7.91. The maximum absolute atomic E-state index is 12.5. The molecular formula is C16H27NO3S. The van der Waals surface area contributed by atoms with Gasteiger partial charge in [0.1, 0.15) is 12.1 Å². The van der Waals surface area contributed by atoms with E-state index in [-0.39, 0.29) is 17.1 Å². The van der Waals surface area contributed by atoms with Gasteiger partial charge in [-0.05, 0) is 31.6 Å². The minimum atomic E-state index is -0.735. The van der Waals surface area contributed by atoms with Gasteiger partial charge in [0.2, 0.25) is 5.12 Å². The van der Waals surface area contributed by atoms with Crippen LogP contribution in [-0.4, -0.2) is 40.6 Å². The zero-order chi connectivity index (χ0) is 16.1. The highest BCUT2D eigenvalue weighted by Crippen LogP contribution is 2.35. The maximum Gasteiger partial charge on any atom is 0.410 e. The second-order valence-electron chi connectivity index (χ2n) is 6.84. The molecule has 0 aromatic heterocycles. The van der Waals surface area contributed by atoms with Crippen LogP contribution in [0.5, 0.6) is 0 Å². The van der Waals surface area contributed by atoms with E-state index >= 15 is 0 Å². The van der Waals surface area contributed by atoms with E-state index in [0.29, 0.717) is 13.0 Å². The van der Waals surface area contributed by atoms with Crippen LogP contribution in [0.2, 0.25) is 0 Å². The summed E-state index contributed by atoms with van der Waals surface area (Å²) in [5, 5.41) is 0.0693. The van der Waals surface area contributed by atoms with Crippen molar-refractivity contribution in [2.45, 2.75) is 52.5 Å². The van der Waals surface area contributed by atoms with Crippen LogP contribution < -0.4 is 0 Å². The van der Waals surface area contributed by atoms with E-state index in [9.17, 15) is 9.59 Å². The summed E-state index contributed by atoms with van der Waals surface area (Å²) in [7, 11) is 0. The number of hydrogen-bond acceptors (Lipinski definition) is 4. The number of hydrogen-bond donors (Lipinski definition) is 0. The van der Waals surface area contributed by atoms with Crippen molar-refractivity contribution in [3.63, 3.8) is 0 Å². The smallest absolute Gasteiger partial charge is 0.410 e. The van der Waals surface area contributed by atoms with Gasteiger partial charge < -0.3 is 4.74 Å². The first kappa shape index (κ1) is 18.1. The van der Waals surface area contributed by atoms with E-state index in [4.69, 9.17) is 4.74 Å². The molecule has 1 unspecified atom stereocenters. The van der Waals surface area contributed by atoms with Gasteiger partial charge in [0.15, 0.2) is 0 Å². The molecule has 1 aliphatic rings. The number of rotatable bonds is 5. The van der Waals surface area contributed by atoms with E-state index in [1.54, 1.807) is 4.90 Å². The first-order valence-corrected chi connectivity index (χ1v) is 8.42. The van der Waals surface area contributed by atoms with Crippen molar-refractivity contribution < 1.29 is 14.3 Å². The molecule has 0 bridgehead atoms. The van der Waals surface area contributed by atoms with Crippen LogP contribution in [0, 0.1) is 5.41 Å². The average Bonchev–Trinajstić information content (AvgIpc) is 2.78. The minimum Gasteiger partial charge on any atom is -0.445 e. The third-order valence-corrected chi connectivity index (χ3v) is 4.82. The Morgan fingerprint density at radius 3 is 2.67 bits per heavy atom. The van der Waals surface area contributed by atoms with E-state index in [0.717, 1.165) is 18.6 Å². The fourth-order valence-electron chi connectivity index (χ4n) is 2.28. The van der Waals surface area contributed by atoms with Crippen molar-refractivity contribution in [2.24, 2.45) is 5.41 Å². The summed E-state index contributed by atoms with van der Waals surface area (Å²) in [5.41, 5.74) is -0.521. The number of amides is 1. The molecule has 1 heterocycles. The number of nitrogens with zero attached hydrogens (tertiary/aromatic N) is 1. The Hall–Kier alpha value is -0.970. The molecule has 4 nitrogen and oxygen atoms in total. The topological polar surface area (TPSA) is 46.6 Å². The van der Waals surface area contributed by atoms with Crippen LogP contribution in [-0.2, 0) is 9.53 Å². The molecule has 0 aliphatic carbocycles. The molecule has 0 spiro atoms. The maximum atomic E-state index is 12.5. The van der Waals surface area contributed by atoms with Crippen LogP contribution in [0.25, 0.3) is 0 Å². The van der Waals surface area contributed by atoms with Crippen molar-refractivity contribution in [2.75, 3.05) is 18.9 Å². The lowest BCUT2D eigenvalue weighted by Crippen LogP contribution is -2.50. The molecule has 0 aromatic rings. The summed E-state index contributed by atoms with van der Waals surface area (Å²) < 4.78 is 5.09. The molecule has 0 saturated carbocycles. The molecule has 120 valence electrons. The van der Waals surface area contributed by atoms with Crippen molar-refractivity contribution in [1.29, 1.82) is 0 Å². The summed E-state index contributed by atoms with van der Waals surface area (Å²) in [4.78, 5) is 26.2. The monoisotopic (exact) mass is 313 g/mol. The predicted molar refractivity (Wildman–Crippen MR) is 87.4 cm³/mol. The molecule has 1 amide bonds. The van der Waals surface area contributed by atoms with Gasteiger partial charge in [-0.3, -0.25) is 9.69 Å². The second kappa shape index (κ2) is 7.34. The van der Waals surface area contributed by atoms with Crippen molar-refractivity contribution in [3.8, 4) is 0 Å². The van der Waals surface area contributed by atoms with Gasteiger partial charge in [-0.1, -0.05) is 45.2 Å². The average molecular weight is 313 g/mol. The van der Waals surface area contributed by atoms with Gasteiger partial charge in [-0.25, -0.2) is 4.79 Å². The molecule has 5 heteroatoms. The normalized spacial score (nSPS) is 22.2. The highest BCUT2D eigenvalue weighted by molar-refractivity contribution is 8.13. The third-order valence-electron chi connectivity index (χ3n) is 3.71. The number of ether oxygens (including phenoxy) is 1.